The van der Waals surface area contributed by atoms with Gasteiger partial charge in [0.25, 0.3) is 0 Å². The van der Waals surface area contributed by atoms with Crippen molar-refractivity contribution in [2.24, 2.45) is 0 Å². The van der Waals surface area contributed by atoms with Crippen LogP contribution in [0.1, 0.15) is 45.4 Å². The predicted octanol–water partition coefficient (Wildman–Crippen LogP) is -3.44. The topological polar surface area (TPSA) is 130 Å². The van der Waals surface area contributed by atoms with E-state index < -0.39 is 10.4 Å². The van der Waals surface area contributed by atoms with E-state index in [1.807, 2.05) is 0 Å². The van der Waals surface area contributed by atoms with E-state index in [-0.39, 0.29) is 50.4 Å². The van der Waals surface area contributed by atoms with Crippen molar-refractivity contribution in [1.82, 2.24) is 4.90 Å². The Bertz CT molecular complexity index is 317. The highest BCUT2D eigenvalue weighted by atomic mass is 127. The molecule has 0 aliphatic carbocycles. The number of nitrogens with zero attached hydrogens (tertiary/aromatic N) is 1. The van der Waals surface area contributed by atoms with Gasteiger partial charge in [0.1, 0.15) is 0 Å². The first-order valence-corrected chi connectivity index (χ1v) is 9.39. The molecule has 0 aliphatic rings. The number of rotatable bonds is 14. The Hall–Kier alpha value is 0.440. The first-order chi connectivity index (χ1) is 10.9. The molecule has 0 fully saturated rings. The molecule has 0 amide bonds. The van der Waals surface area contributed by atoms with Crippen LogP contribution in [0.3, 0.4) is 0 Å². The number of aliphatic hydroxyl groups excluding tert-OH is 3. The molecule has 0 atom stereocenters. The summed E-state index contributed by atoms with van der Waals surface area (Å²) in [5.74, 6) is 0. The summed E-state index contributed by atoms with van der Waals surface area (Å²) in [5.41, 5.74) is 0. The van der Waals surface area contributed by atoms with Crippen molar-refractivity contribution in [1.29, 1.82) is 0 Å². The summed E-state index contributed by atoms with van der Waals surface area (Å²) in [6.07, 6.45) is 6.21. The second-order valence-corrected chi connectivity index (χ2v) is 6.06. The molecule has 0 rings (SSSR count). The third-order valence-corrected chi connectivity index (χ3v) is 3.43. The van der Waals surface area contributed by atoms with Gasteiger partial charge in [-0.05, 0) is 6.42 Å². The zero-order chi connectivity index (χ0) is 18.0. The first-order valence-electron chi connectivity index (χ1n) is 8.06. The number of halogens is 1. The standard InChI is InChI=1S/C8H18O4S.C6H15NO3.H2I/c1-2-3-4-5-6-7-8-12-13(9,10)11;8-4-1-7(2-5-9)3-6-10;/h2-8H2,1H3,(H,9,10,11);8-10H,1-6H2;1H2/q;;+1/p-1. The molecule has 0 saturated heterocycles. The molecule has 10 heteroatoms. The second-order valence-electron chi connectivity index (χ2n) is 5.01. The Balaban J connectivity index is -0.000000364. The lowest BCUT2D eigenvalue weighted by molar-refractivity contribution is -0.0000160. The van der Waals surface area contributed by atoms with E-state index in [1.165, 1.54) is 19.3 Å². The van der Waals surface area contributed by atoms with Gasteiger partial charge < -0.3 is 19.9 Å². The minimum atomic E-state index is -4.47. The minimum Gasteiger partial charge on any atom is -0.726 e. The van der Waals surface area contributed by atoms with Crippen molar-refractivity contribution < 1.29 is 56.4 Å². The summed E-state index contributed by atoms with van der Waals surface area (Å²) in [6, 6.07) is 0. The van der Waals surface area contributed by atoms with Gasteiger partial charge in [-0.3, -0.25) is 9.08 Å². The van der Waals surface area contributed by atoms with Crippen molar-refractivity contribution in [3.05, 3.63) is 0 Å². The third-order valence-electron chi connectivity index (χ3n) is 2.97. The molecular weight excluding hydrogens is 453 g/mol. The van der Waals surface area contributed by atoms with Crippen molar-refractivity contribution in [3.63, 3.8) is 0 Å². The van der Waals surface area contributed by atoms with Crippen molar-refractivity contribution in [3.8, 4) is 0 Å². The monoisotopic (exact) mass is 487 g/mol. The van der Waals surface area contributed by atoms with Crippen molar-refractivity contribution >= 4 is 10.4 Å². The third kappa shape index (κ3) is 27.3. The molecule has 0 spiro atoms. The highest BCUT2D eigenvalue weighted by Gasteiger charge is 2.00. The maximum Gasteiger partial charge on any atom is 0.235 e. The van der Waals surface area contributed by atoms with Crippen LogP contribution in [0, 0.1) is 0 Å². The van der Waals surface area contributed by atoms with Crippen LogP contribution in [-0.4, -0.2) is 79.3 Å². The SMILES string of the molecule is CCCCCCCCOS(=O)(=O)[O-].OCCN(CCO)CCO.[IH2+]. The quantitative estimate of drug-likeness (QED) is 0.0999. The first kappa shape index (κ1) is 29.2. The van der Waals surface area contributed by atoms with Crippen molar-refractivity contribution in [2.75, 3.05) is 46.1 Å². The fraction of sp³-hybridized carbons (Fsp3) is 1.00. The summed E-state index contributed by atoms with van der Waals surface area (Å²) < 4.78 is 34.0. The smallest absolute Gasteiger partial charge is 0.235 e. The molecule has 0 bridgehead atoms. The number of aliphatic hydroxyl groups is 3. The Morgan fingerprint density at radius 3 is 1.67 bits per heavy atom. The zero-order valence-corrected chi connectivity index (χ0v) is 17.8. The van der Waals surface area contributed by atoms with Crippen molar-refractivity contribution in [2.45, 2.75) is 45.4 Å². The summed E-state index contributed by atoms with van der Waals surface area (Å²) in [4.78, 5) is 1.79. The zero-order valence-electron chi connectivity index (χ0n) is 14.5. The maximum absolute atomic E-state index is 9.99. The average Bonchev–Trinajstić information content (AvgIpc) is 2.47. The molecule has 0 saturated carbocycles. The summed E-state index contributed by atoms with van der Waals surface area (Å²) >= 11 is 0. The van der Waals surface area contributed by atoms with Gasteiger partial charge in [0, 0.05) is 19.6 Å². The molecule has 0 aromatic heterocycles. The normalized spacial score (nSPS) is 10.9. The van der Waals surface area contributed by atoms with Gasteiger partial charge in [0.05, 0.1) is 26.4 Å². The Morgan fingerprint density at radius 1 is 0.875 bits per heavy atom. The molecular formula is C14H34INO7S. The lowest BCUT2D eigenvalue weighted by Gasteiger charge is -2.17. The van der Waals surface area contributed by atoms with Gasteiger partial charge in [0.15, 0.2) is 0 Å². The molecule has 0 heterocycles. The van der Waals surface area contributed by atoms with Crippen LogP contribution in [0.2, 0.25) is 0 Å². The lowest BCUT2D eigenvalue weighted by Crippen LogP contribution is -3.00. The average molecular weight is 487 g/mol. The molecule has 0 unspecified atom stereocenters. The second kappa shape index (κ2) is 21.5. The Morgan fingerprint density at radius 2 is 1.29 bits per heavy atom. The van der Waals surface area contributed by atoms with Crippen LogP contribution in [0.5, 0.6) is 0 Å². The molecule has 0 aliphatic heterocycles. The Labute approximate surface area is 163 Å². The maximum atomic E-state index is 9.99. The number of hydrogen-bond donors (Lipinski definition) is 3. The van der Waals surface area contributed by atoms with Crippen LogP contribution < -0.4 is 24.0 Å². The van der Waals surface area contributed by atoms with Crippen LogP contribution in [0.15, 0.2) is 0 Å². The van der Waals surface area contributed by atoms with Gasteiger partial charge in [-0.25, -0.2) is 8.42 Å². The van der Waals surface area contributed by atoms with Crippen LogP contribution >= 0.6 is 0 Å². The molecule has 3 N–H and O–H groups in total. The highest BCUT2D eigenvalue weighted by molar-refractivity contribution is 7.80. The molecule has 0 aromatic rings. The Kier molecular flexibility index (Phi) is 26.1. The fourth-order valence-corrected chi connectivity index (χ4v) is 2.13. The van der Waals surface area contributed by atoms with Gasteiger partial charge in [-0.2, -0.15) is 0 Å². The molecule has 8 nitrogen and oxygen atoms in total. The summed E-state index contributed by atoms with van der Waals surface area (Å²) in [7, 11) is -4.47. The van der Waals surface area contributed by atoms with E-state index in [9.17, 15) is 13.0 Å². The number of unbranched alkanes of at least 4 members (excludes halogenated alkanes) is 5. The van der Waals surface area contributed by atoms with Gasteiger partial charge in [-0.1, -0.05) is 39.0 Å². The molecule has 0 radical (unpaired) electrons. The molecule has 24 heavy (non-hydrogen) atoms. The van der Waals surface area contributed by atoms with E-state index in [0.29, 0.717) is 26.1 Å². The van der Waals surface area contributed by atoms with E-state index >= 15 is 0 Å². The summed E-state index contributed by atoms with van der Waals surface area (Å²) in [6.45, 7) is 3.91. The highest BCUT2D eigenvalue weighted by Crippen LogP contribution is 2.05. The summed E-state index contributed by atoms with van der Waals surface area (Å²) in [5, 5.41) is 25.5. The van der Waals surface area contributed by atoms with E-state index in [4.69, 9.17) is 15.3 Å². The molecule has 0 aromatic carbocycles. The van der Waals surface area contributed by atoms with E-state index in [1.54, 1.807) is 4.90 Å². The van der Waals surface area contributed by atoms with Gasteiger partial charge in [0.2, 0.25) is 34.4 Å². The lowest BCUT2D eigenvalue weighted by atomic mass is 10.1. The largest absolute Gasteiger partial charge is 0.726 e. The van der Waals surface area contributed by atoms with Crippen LogP contribution in [0.4, 0.5) is 0 Å². The molecule has 150 valence electrons. The van der Waals surface area contributed by atoms with Gasteiger partial charge >= 0.3 is 0 Å². The van der Waals surface area contributed by atoms with E-state index in [2.05, 4.69) is 11.1 Å². The van der Waals surface area contributed by atoms with Gasteiger partial charge in [-0.15, -0.1) is 0 Å². The van der Waals surface area contributed by atoms with Crippen LogP contribution in [0.25, 0.3) is 0 Å². The van der Waals surface area contributed by atoms with E-state index in [0.717, 1.165) is 12.8 Å². The predicted molar refractivity (Wildman–Crippen MR) is 89.5 cm³/mol. The minimum absolute atomic E-state index is 0. The fourth-order valence-electron chi connectivity index (χ4n) is 1.80. The number of hydrogen-bond acceptors (Lipinski definition) is 8. The van der Waals surface area contributed by atoms with Crippen LogP contribution in [-0.2, 0) is 14.6 Å².